The van der Waals surface area contributed by atoms with Gasteiger partial charge in [0, 0.05) is 18.1 Å². The summed E-state index contributed by atoms with van der Waals surface area (Å²) in [4.78, 5) is 28.5. The van der Waals surface area contributed by atoms with Crippen LogP contribution in [0.4, 0.5) is 16.4 Å². The zero-order valence-corrected chi connectivity index (χ0v) is 20.7. The number of nitrogens with zero attached hydrogens (tertiary/aromatic N) is 5. The molecule has 1 fully saturated rings. The van der Waals surface area contributed by atoms with E-state index in [2.05, 4.69) is 27.2 Å². The van der Waals surface area contributed by atoms with Gasteiger partial charge >= 0.3 is 6.03 Å². The Bertz CT molecular complexity index is 1610. The molecule has 9 heteroatoms. The largest absolute Gasteiger partial charge is 0.372 e. The maximum Gasteiger partial charge on any atom is 0.322 e. The fourth-order valence-electron chi connectivity index (χ4n) is 4.75. The van der Waals surface area contributed by atoms with Gasteiger partial charge in [-0.2, -0.15) is 4.98 Å². The number of benzene rings is 3. The summed E-state index contributed by atoms with van der Waals surface area (Å²) < 4.78 is 7.96. The van der Waals surface area contributed by atoms with Gasteiger partial charge in [-0.15, -0.1) is 6.58 Å². The highest BCUT2D eigenvalue weighted by Crippen LogP contribution is 2.24. The second-order valence-corrected chi connectivity index (χ2v) is 9.06. The molecule has 0 bridgehead atoms. The van der Waals surface area contributed by atoms with Gasteiger partial charge in [-0.05, 0) is 29.7 Å². The van der Waals surface area contributed by atoms with Crippen molar-refractivity contribution in [1.29, 1.82) is 0 Å². The Balaban J connectivity index is 1.16. The van der Waals surface area contributed by atoms with Gasteiger partial charge < -0.3 is 20.3 Å². The van der Waals surface area contributed by atoms with E-state index < -0.39 is 0 Å². The van der Waals surface area contributed by atoms with E-state index >= 15 is 0 Å². The van der Waals surface area contributed by atoms with E-state index in [1.54, 1.807) is 23.5 Å². The van der Waals surface area contributed by atoms with Gasteiger partial charge in [0.05, 0.1) is 42.0 Å². The Morgan fingerprint density at radius 1 is 1.05 bits per heavy atom. The molecule has 2 N–H and O–H groups in total. The third-order valence-electron chi connectivity index (χ3n) is 6.70. The molecule has 2 atom stereocenters. The smallest absolute Gasteiger partial charge is 0.322 e. The van der Waals surface area contributed by atoms with E-state index in [0.717, 1.165) is 27.5 Å². The third-order valence-corrected chi connectivity index (χ3v) is 6.70. The van der Waals surface area contributed by atoms with Gasteiger partial charge in [0.2, 0.25) is 5.95 Å². The summed E-state index contributed by atoms with van der Waals surface area (Å²) in [5.74, 6) is 1.13. The summed E-state index contributed by atoms with van der Waals surface area (Å²) in [7, 11) is 0. The van der Waals surface area contributed by atoms with Crippen molar-refractivity contribution in [2.45, 2.75) is 12.1 Å². The number of ether oxygens (including phenoxy) is 1. The first-order chi connectivity index (χ1) is 18.7. The van der Waals surface area contributed by atoms with Gasteiger partial charge in [0.1, 0.15) is 12.1 Å². The van der Waals surface area contributed by atoms with E-state index in [1.807, 2.05) is 77.4 Å². The van der Waals surface area contributed by atoms with Crippen LogP contribution in [0.1, 0.15) is 0 Å². The summed E-state index contributed by atoms with van der Waals surface area (Å²) in [5.41, 5.74) is 2.63. The van der Waals surface area contributed by atoms with Crippen LogP contribution in [0.25, 0.3) is 27.6 Å². The van der Waals surface area contributed by atoms with Gasteiger partial charge in [-0.1, -0.05) is 54.6 Å². The fourth-order valence-corrected chi connectivity index (χ4v) is 4.75. The highest BCUT2D eigenvalue weighted by Gasteiger charge is 2.30. The molecular formula is C29H27N7O2. The molecule has 3 heterocycles. The number of fused-ring (bicyclic) bond motifs is 2. The number of imidazole rings is 1. The minimum Gasteiger partial charge on any atom is -0.372 e. The molecule has 0 saturated carbocycles. The van der Waals surface area contributed by atoms with Crippen LogP contribution in [0.15, 0.2) is 98.0 Å². The van der Waals surface area contributed by atoms with Crippen LogP contribution in [-0.4, -0.2) is 62.3 Å². The van der Waals surface area contributed by atoms with Gasteiger partial charge in [0.15, 0.2) is 0 Å². The first-order valence-electron chi connectivity index (χ1n) is 12.5. The standard InChI is InChI=1S/C29H27N7O2/c1-2-22(32-28-30-15-14-27(34-28)36-19-31-24-11-5-6-13-25(24)36)26-18-35(16-17-38-26)29(37)33-23-12-7-9-20-8-3-4-10-21(20)23/h2-15,19,22,26H,1,16-18H2,(H,33,37)(H,30,32,34). The maximum atomic E-state index is 13.2. The summed E-state index contributed by atoms with van der Waals surface area (Å²) in [6, 6.07) is 23.1. The van der Waals surface area contributed by atoms with Crippen LogP contribution in [0.3, 0.4) is 0 Å². The highest BCUT2D eigenvalue weighted by molar-refractivity contribution is 6.01. The van der Waals surface area contributed by atoms with Crippen LogP contribution < -0.4 is 10.6 Å². The van der Waals surface area contributed by atoms with Crippen LogP contribution in [0, 0.1) is 0 Å². The topological polar surface area (TPSA) is 97.2 Å². The number of rotatable bonds is 6. The summed E-state index contributed by atoms with van der Waals surface area (Å²) >= 11 is 0. The second-order valence-electron chi connectivity index (χ2n) is 9.06. The normalized spacial score (nSPS) is 16.3. The number of urea groups is 1. The Morgan fingerprint density at radius 2 is 1.89 bits per heavy atom. The Labute approximate surface area is 219 Å². The lowest BCUT2D eigenvalue weighted by atomic mass is 10.1. The van der Waals surface area contributed by atoms with Crippen molar-refractivity contribution in [2.75, 3.05) is 30.3 Å². The molecule has 190 valence electrons. The predicted octanol–water partition coefficient (Wildman–Crippen LogP) is 4.87. The molecule has 1 aliphatic heterocycles. The highest BCUT2D eigenvalue weighted by atomic mass is 16.5. The van der Waals surface area contributed by atoms with Crippen LogP contribution in [-0.2, 0) is 4.74 Å². The molecule has 9 nitrogen and oxygen atoms in total. The molecule has 2 aromatic heterocycles. The van der Waals surface area contributed by atoms with E-state index in [4.69, 9.17) is 9.72 Å². The van der Waals surface area contributed by atoms with E-state index in [1.165, 1.54) is 0 Å². The molecule has 5 aromatic rings. The minimum atomic E-state index is -0.319. The lowest BCUT2D eigenvalue weighted by Crippen LogP contribution is -2.52. The minimum absolute atomic E-state index is 0.164. The average molecular weight is 506 g/mol. The van der Waals surface area contributed by atoms with Crippen molar-refractivity contribution in [2.24, 2.45) is 0 Å². The number of hydrogen-bond donors (Lipinski definition) is 2. The fraction of sp³-hybridized carbons (Fsp3) is 0.172. The zero-order chi connectivity index (χ0) is 25.9. The number of nitrogens with one attached hydrogen (secondary N) is 2. The molecule has 0 spiro atoms. The van der Waals surface area contributed by atoms with Crippen molar-refractivity contribution in [3.8, 4) is 5.82 Å². The Kier molecular flexibility index (Phi) is 6.41. The molecule has 1 aliphatic rings. The maximum absolute atomic E-state index is 13.2. The molecular weight excluding hydrogens is 478 g/mol. The second kappa shape index (κ2) is 10.3. The average Bonchev–Trinajstić information content (AvgIpc) is 3.41. The summed E-state index contributed by atoms with van der Waals surface area (Å²) in [6.45, 7) is 5.29. The first kappa shape index (κ1) is 23.6. The summed E-state index contributed by atoms with van der Waals surface area (Å²) in [6.07, 6.45) is 4.89. The third kappa shape index (κ3) is 4.67. The molecule has 3 aromatic carbocycles. The number of hydrogen-bond acceptors (Lipinski definition) is 6. The monoisotopic (exact) mass is 505 g/mol. The number of morpholine rings is 1. The summed E-state index contributed by atoms with van der Waals surface area (Å²) in [5, 5.41) is 8.47. The number of para-hydroxylation sites is 2. The Hall–Kier alpha value is -4.76. The molecule has 6 rings (SSSR count). The van der Waals surface area contributed by atoms with Crippen molar-refractivity contribution in [1.82, 2.24) is 24.4 Å². The van der Waals surface area contributed by atoms with Gasteiger partial charge in [-0.25, -0.2) is 14.8 Å². The van der Waals surface area contributed by atoms with Crippen LogP contribution in [0.2, 0.25) is 0 Å². The molecule has 38 heavy (non-hydrogen) atoms. The SMILES string of the molecule is C=CC(Nc1nccc(-n2cnc3ccccc32)n1)C1CN(C(=O)Nc2cccc3ccccc23)CCO1. The van der Waals surface area contributed by atoms with Crippen molar-refractivity contribution >= 4 is 39.5 Å². The van der Waals surface area contributed by atoms with Gasteiger partial charge in [-0.3, -0.25) is 4.57 Å². The van der Waals surface area contributed by atoms with Crippen molar-refractivity contribution in [3.05, 3.63) is 98.0 Å². The zero-order valence-electron chi connectivity index (χ0n) is 20.7. The quantitative estimate of drug-likeness (QED) is 0.320. The number of anilines is 2. The predicted molar refractivity (Wildman–Crippen MR) is 149 cm³/mol. The van der Waals surface area contributed by atoms with Crippen molar-refractivity contribution in [3.63, 3.8) is 0 Å². The van der Waals surface area contributed by atoms with Gasteiger partial charge in [0.25, 0.3) is 0 Å². The van der Waals surface area contributed by atoms with Crippen molar-refractivity contribution < 1.29 is 9.53 Å². The first-order valence-corrected chi connectivity index (χ1v) is 12.5. The molecule has 2 amide bonds. The molecule has 1 saturated heterocycles. The van der Waals surface area contributed by atoms with Crippen LogP contribution in [0.5, 0.6) is 0 Å². The number of carbonyl (C=O) groups is 1. The number of amides is 2. The molecule has 2 unspecified atom stereocenters. The lowest BCUT2D eigenvalue weighted by Gasteiger charge is -2.36. The molecule has 0 aliphatic carbocycles. The van der Waals surface area contributed by atoms with E-state index in [-0.39, 0.29) is 18.2 Å². The lowest BCUT2D eigenvalue weighted by molar-refractivity contribution is -0.0148. The number of carbonyl (C=O) groups excluding carboxylic acids is 1. The number of aromatic nitrogens is 4. The van der Waals surface area contributed by atoms with Crippen LogP contribution >= 0.6 is 0 Å². The Morgan fingerprint density at radius 3 is 2.82 bits per heavy atom. The molecule has 0 radical (unpaired) electrons. The van der Waals surface area contributed by atoms with E-state index in [9.17, 15) is 4.79 Å². The van der Waals surface area contributed by atoms with E-state index in [0.29, 0.717) is 31.5 Å².